The van der Waals surface area contributed by atoms with Crippen LogP contribution in [0.15, 0.2) is 42.6 Å². The van der Waals surface area contributed by atoms with Crippen LogP contribution < -0.4 is 0 Å². The number of benzene rings is 2. The number of hydrogen-bond acceptors (Lipinski definition) is 3. The fourth-order valence-electron chi connectivity index (χ4n) is 3.20. The average molecular weight is 336 g/mol. The maximum Gasteiger partial charge on any atom is 0.254 e. The van der Waals surface area contributed by atoms with Gasteiger partial charge in [0, 0.05) is 36.3 Å². The van der Waals surface area contributed by atoms with Gasteiger partial charge in [0.1, 0.15) is 0 Å². The van der Waals surface area contributed by atoms with E-state index in [9.17, 15) is 14.7 Å². The van der Waals surface area contributed by atoms with Gasteiger partial charge < -0.3 is 15.0 Å². The number of aliphatic hydroxyl groups is 1. The SMILES string of the molecule is Cc1cc(CN(C)C(=O)c2ccccc2C=O)c(CO)c2cc[nH]c12. The normalized spacial score (nSPS) is 10.8. The van der Waals surface area contributed by atoms with Gasteiger partial charge in [0.2, 0.25) is 0 Å². The first-order chi connectivity index (χ1) is 12.1. The second kappa shape index (κ2) is 6.91. The molecule has 1 aromatic heterocycles. The van der Waals surface area contributed by atoms with Crippen LogP contribution in [0.25, 0.3) is 10.9 Å². The van der Waals surface area contributed by atoms with Gasteiger partial charge in [-0.25, -0.2) is 0 Å². The predicted octanol–water partition coefficient (Wildman–Crippen LogP) is 3.05. The van der Waals surface area contributed by atoms with E-state index in [4.69, 9.17) is 0 Å². The summed E-state index contributed by atoms with van der Waals surface area (Å²) in [6.45, 7) is 2.24. The van der Waals surface area contributed by atoms with E-state index in [0.29, 0.717) is 24.0 Å². The molecule has 25 heavy (non-hydrogen) atoms. The number of nitrogens with zero attached hydrogens (tertiary/aromatic N) is 1. The Labute approximate surface area is 145 Å². The van der Waals surface area contributed by atoms with Crippen LogP contribution in [-0.4, -0.2) is 34.2 Å². The molecule has 0 unspecified atom stereocenters. The molecule has 0 bridgehead atoms. The topological polar surface area (TPSA) is 73.4 Å². The largest absolute Gasteiger partial charge is 0.392 e. The van der Waals surface area contributed by atoms with E-state index in [0.717, 1.165) is 27.6 Å². The zero-order valence-corrected chi connectivity index (χ0v) is 14.2. The molecule has 0 aliphatic carbocycles. The third-order valence-electron chi connectivity index (χ3n) is 4.48. The number of carbonyl (C=O) groups excluding carboxylic acids is 2. The minimum Gasteiger partial charge on any atom is -0.392 e. The van der Waals surface area contributed by atoms with Crippen molar-refractivity contribution in [2.24, 2.45) is 0 Å². The van der Waals surface area contributed by atoms with Crippen LogP contribution in [0, 0.1) is 6.92 Å². The fourth-order valence-corrected chi connectivity index (χ4v) is 3.20. The number of aromatic nitrogens is 1. The molecule has 5 heteroatoms. The summed E-state index contributed by atoms with van der Waals surface area (Å²) in [5.74, 6) is -0.224. The monoisotopic (exact) mass is 336 g/mol. The Morgan fingerprint density at radius 2 is 2.04 bits per heavy atom. The van der Waals surface area contributed by atoms with Crippen molar-refractivity contribution < 1.29 is 14.7 Å². The summed E-state index contributed by atoms with van der Waals surface area (Å²) >= 11 is 0. The van der Waals surface area contributed by atoms with Gasteiger partial charge in [0.25, 0.3) is 5.91 Å². The van der Waals surface area contributed by atoms with E-state index in [-0.39, 0.29) is 12.5 Å². The van der Waals surface area contributed by atoms with Gasteiger partial charge in [-0.2, -0.15) is 0 Å². The number of nitrogens with one attached hydrogen (secondary N) is 1. The Balaban J connectivity index is 1.95. The molecule has 2 N–H and O–H groups in total. The lowest BCUT2D eigenvalue weighted by Gasteiger charge is -2.21. The van der Waals surface area contributed by atoms with Gasteiger partial charge >= 0.3 is 0 Å². The van der Waals surface area contributed by atoms with Crippen molar-refractivity contribution in [2.75, 3.05) is 7.05 Å². The number of carbonyl (C=O) groups is 2. The van der Waals surface area contributed by atoms with Crippen LogP contribution in [0.3, 0.4) is 0 Å². The summed E-state index contributed by atoms with van der Waals surface area (Å²) in [7, 11) is 1.70. The molecular weight excluding hydrogens is 316 g/mol. The Morgan fingerprint density at radius 3 is 2.76 bits per heavy atom. The Morgan fingerprint density at radius 1 is 1.28 bits per heavy atom. The van der Waals surface area contributed by atoms with E-state index in [1.54, 1.807) is 36.2 Å². The summed E-state index contributed by atoms with van der Waals surface area (Å²) in [4.78, 5) is 28.6. The summed E-state index contributed by atoms with van der Waals surface area (Å²) in [5, 5.41) is 10.8. The third-order valence-corrected chi connectivity index (χ3v) is 4.48. The molecule has 0 fully saturated rings. The van der Waals surface area contributed by atoms with Crippen LogP contribution in [0.5, 0.6) is 0 Å². The lowest BCUT2D eigenvalue weighted by atomic mass is 9.99. The maximum atomic E-state index is 12.7. The number of aliphatic hydroxyl groups excluding tert-OH is 1. The average Bonchev–Trinajstić information content (AvgIpc) is 3.11. The molecule has 0 spiro atoms. The molecule has 0 saturated carbocycles. The molecule has 3 aromatic rings. The van der Waals surface area contributed by atoms with Gasteiger partial charge in [-0.3, -0.25) is 9.59 Å². The number of H-pyrrole nitrogens is 1. The first kappa shape index (κ1) is 16.9. The second-order valence-electron chi connectivity index (χ2n) is 6.12. The van der Waals surface area contributed by atoms with Crippen LogP contribution in [0.1, 0.15) is 37.4 Å². The number of amides is 1. The number of aldehydes is 1. The highest BCUT2D eigenvalue weighted by molar-refractivity contribution is 6.01. The van der Waals surface area contributed by atoms with Crippen molar-refractivity contribution in [3.05, 3.63) is 70.4 Å². The first-order valence-corrected chi connectivity index (χ1v) is 8.05. The molecular formula is C20H20N2O3. The van der Waals surface area contributed by atoms with Gasteiger partial charge in [-0.15, -0.1) is 0 Å². The Hall–Kier alpha value is -2.92. The Bertz CT molecular complexity index is 943. The number of aromatic amines is 1. The maximum absolute atomic E-state index is 12.7. The van der Waals surface area contributed by atoms with Crippen molar-refractivity contribution in [1.82, 2.24) is 9.88 Å². The molecule has 0 saturated heterocycles. The van der Waals surface area contributed by atoms with Crippen molar-refractivity contribution in [1.29, 1.82) is 0 Å². The standard InChI is InChI=1S/C20H20N2O3/c1-13-9-15(18(12-24)17-7-8-21-19(13)17)10-22(2)20(25)16-6-4-3-5-14(16)11-23/h3-9,11,21,24H,10,12H2,1-2H3. The molecule has 0 radical (unpaired) electrons. The zero-order valence-electron chi connectivity index (χ0n) is 14.2. The molecule has 5 nitrogen and oxygen atoms in total. The molecule has 0 aliphatic rings. The van der Waals surface area contributed by atoms with Crippen LogP contribution in [0.4, 0.5) is 0 Å². The minimum atomic E-state index is -0.224. The molecule has 1 amide bonds. The lowest BCUT2D eigenvalue weighted by Crippen LogP contribution is -2.27. The number of aryl methyl sites for hydroxylation is 1. The van der Waals surface area contributed by atoms with Crippen LogP contribution >= 0.6 is 0 Å². The predicted molar refractivity (Wildman–Crippen MR) is 96.6 cm³/mol. The molecule has 0 atom stereocenters. The van der Waals surface area contributed by atoms with E-state index in [1.807, 2.05) is 25.3 Å². The Kier molecular flexibility index (Phi) is 4.67. The molecule has 3 rings (SSSR count). The van der Waals surface area contributed by atoms with E-state index in [2.05, 4.69) is 4.98 Å². The number of rotatable bonds is 5. The van der Waals surface area contributed by atoms with Crippen molar-refractivity contribution in [2.45, 2.75) is 20.1 Å². The summed E-state index contributed by atoms with van der Waals surface area (Å²) < 4.78 is 0. The molecule has 2 aromatic carbocycles. The summed E-state index contributed by atoms with van der Waals surface area (Å²) in [5.41, 5.74) is 4.51. The highest BCUT2D eigenvalue weighted by atomic mass is 16.3. The highest BCUT2D eigenvalue weighted by Gasteiger charge is 2.18. The number of fused-ring (bicyclic) bond motifs is 1. The highest BCUT2D eigenvalue weighted by Crippen LogP contribution is 2.26. The van der Waals surface area contributed by atoms with Gasteiger partial charge in [-0.1, -0.05) is 24.3 Å². The van der Waals surface area contributed by atoms with E-state index < -0.39 is 0 Å². The van der Waals surface area contributed by atoms with Gasteiger partial charge in [-0.05, 0) is 35.7 Å². The quantitative estimate of drug-likeness (QED) is 0.703. The van der Waals surface area contributed by atoms with Gasteiger partial charge in [0.15, 0.2) is 6.29 Å². The van der Waals surface area contributed by atoms with E-state index in [1.165, 1.54) is 0 Å². The van der Waals surface area contributed by atoms with Crippen molar-refractivity contribution in [3.8, 4) is 0 Å². The van der Waals surface area contributed by atoms with Crippen molar-refractivity contribution >= 4 is 23.1 Å². The minimum absolute atomic E-state index is 0.100. The zero-order chi connectivity index (χ0) is 18.0. The van der Waals surface area contributed by atoms with E-state index >= 15 is 0 Å². The summed E-state index contributed by atoms with van der Waals surface area (Å²) in [6, 6.07) is 10.7. The van der Waals surface area contributed by atoms with Crippen LogP contribution in [-0.2, 0) is 13.2 Å². The third kappa shape index (κ3) is 3.06. The lowest BCUT2D eigenvalue weighted by molar-refractivity contribution is 0.0781. The molecule has 1 heterocycles. The molecule has 128 valence electrons. The smallest absolute Gasteiger partial charge is 0.254 e. The summed E-state index contributed by atoms with van der Waals surface area (Å²) in [6.07, 6.45) is 2.53. The number of hydrogen-bond donors (Lipinski definition) is 2. The molecule has 0 aliphatic heterocycles. The van der Waals surface area contributed by atoms with Gasteiger partial charge in [0.05, 0.1) is 12.2 Å². The fraction of sp³-hybridized carbons (Fsp3) is 0.200. The first-order valence-electron chi connectivity index (χ1n) is 8.05. The van der Waals surface area contributed by atoms with Crippen molar-refractivity contribution in [3.63, 3.8) is 0 Å². The second-order valence-corrected chi connectivity index (χ2v) is 6.12. The van der Waals surface area contributed by atoms with Crippen LogP contribution in [0.2, 0.25) is 0 Å².